The fourth-order valence-electron chi connectivity index (χ4n) is 8.49. The molecule has 32 heteroatoms. The Balaban J connectivity index is 0.00000115. The third kappa shape index (κ3) is 19.3. The Bertz CT molecular complexity index is 2550. The number of hydrogen-bond acceptors (Lipinski definition) is 6. The van der Waals surface area contributed by atoms with Gasteiger partial charge in [0.05, 0.1) is 65.3 Å². The molecule has 3 unspecified atom stereocenters. The quantitative estimate of drug-likeness (QED) is 0.0184. The summed E-state index contributed by atoms with van der Waals surface area (Å²) < 4.78 is 366. The molecule has 0 aliphatic rings. The van der Waals surface area contributed by atoms with E-state index in [4.69, 9.17) is 28.2 Å². The van der Waals surface area contributed by atoms with E-state index in [1.54, 1.807) is 26.8 Å². The van der Waals surface area contributed by atoms with E-state index in [0.717, 1.165) is 6.92 Å². The van der Waals surface area contributed by atoms with Crippen LogP contribution in [-0.2, 0) is 69.3 Å². The Kier molecular flexibility index (Phi) is 24.2. The second kappa shape index (κ2) is 27.9. The topological polar surface area (TPSA) is 55.4 Å². The second-order valence-electron chi connectivity index (χ2n) is 18.7. The number of halogens is 24. The minimum Gasteiger partial charge on any atom is -0.490 e. The first-order valence-corrected chi connectivity index (χ1v) is 25.0. The van der Waals surface area contributed by atoms with Crippen molar-refractivity contribution in [2.45, 2.75) is 155 Å². The summed E-state index contributed by atoms with van der Waals surface area (Å²) in [7, 11) is -3.42. The highest BCUT2D eigenvalue weighted by atomic mass is 19.4. The maximum atomic E-state index is 15.8. The van der Waals surface area contributed by atoms with E-state index in [2.05, 4.69) is 0 Å². The number of nitrogens with zero attached hydrogens (tertiary/aromatic N) is 1. The molecule has 0 heterocycles. The highest BCUT2D eigenvalue weighted by Gasteiger charge is 2.62. The zero-order valence-corrected chi connectivity index (χ0v) is 45.1. The molecule has 0 aliphatic carbocycles. The third-order valence-electron chi connectivity index (χ3n) is 12.4. The predicted molar refractivity (Wildman–Crippen MR) is 252 cm³/mol. The number of ether oxygens (including phenoxy) is 3. The Labute approximate surface area is 465 Å². The fraction of sp³-hybridized carbons (Fsp3) is 0.538. The molecule has 0 saturated carbocycles. The number of benzene rings is 4. The van der Waals surface area contributed by atoms with Crippen LogP contribution in [0.15, 0.2) is 66.7 Å². The summed E-state index contributed by atoms with van der Waals surface area (Å²) in [5.74, 6) is -4.95. The van der Waals surface area contributed by atoms with E-state index in [9.17, 15) is 92.2 Å². The second-order valence-corrected chi connectivity index (χ2v) is 18.7. The number of rotatable bonds is 23. The zero-order chi connectivity index (χ0) is 64.5. The van der Waals surface area contributed by atoms with E-state index in [1.807, 2.05) is 0 Å². The predicted octanol–water partition coefficient (Wildman–Crippen LogP) is 19.0. The number of unbranched alkanes of at least 4 members (excludes halogenated alkanes) is 2. The summed E-state index contributed by atoms with van der Waals surface area (Å²) in [6, 6.07) is 0.769. The lowest BCUT2D eigenvalue weighted by molar-refractivity contribution is -1.07. The van der Waals surface area contributed by atoms with Crippen molar-refractivity contribution >= 4 is 7.32 Å². The largest absolute Gasteiger partial charge is 0.864 e. The molecule has 4 rings (SSSR count). The molecule has 0 radical (unpaired) electrons. The molecule has 4 aromatic rings. The molecule has 7 nitrogen and oxygen atoms in total. The van der Waals surface area contributed by atoms with Crippen molar-refractivity contribution in [3.8, 4) is 17.2 Å². The molecule has 0 fully saturated rings. The van der Waals surface area contributed by atoms with Gasteiger partial charge in [0.25, 0.3) is 0 Å². The van der Waals surface area contributed by atoms with Crippen molar-refractivity contribution in [2.24, 2.45) is 0 Å². The van der Waals surface area contributed by atoms with Crippen LogP contribution in [0, 0.1) is 6.07 Å². The Morgan fingerprint density at radius 2 is 0.762 bits per heavy atom. The van der Waals surface area contributed by atoms with Crippen molar-refractivity contribution in [2.75, 3.05) is 26.4 Å². The summed E-state index contributed by atoms with van der Waals surface area (Å²) >= 11 is 0. The van der Waals surface area contributed by atoms with Crippen molar-refractivity contribution in [3.05, 3.63) is 123 Å². The molecular weight excluding hydrogens is 1200 g/mol. The van der Waals surface area contributed by atoms with Gasteiger partial charge in [0, 0.05) is 20.8 Å². The van der Waals surface area contributed by atoms with Gasteiger partial charge < -0.3 is 28.2 Å². The highest BCUT2D eigenvalue weighted by molar-refractivity contribution is 6.39. The van der Waals surface area contributed by atoms with Gasteiger partial charge in [-0.2, -0.15) is 124 Å². The van der Waals surface area contributed by atoms with Gasteiger partial charge in [0.1, 0.15) is 17.2 Å². The van der Waals surface area contributed by atoms with Gasteiger partial charge >= 0.3 is 56.7 Å². The molecule has 0 amide bonds. The first-order valence-electron chi connectivity index (χ1n) is 25.0. The Morgan fingerprint density at radius 1 is 0.417 bits per heavy atom. The van der Waals surface area contributed by atoms with Gasteiger partial charge in [-0.05, 0) is 80.6 Å². The summed E-state index contributed by atoms with van der Waals surface area (Å²) in [6.45, 7) is 9.58. The molecular formula is C52H54BF24NO6. The number of quaternary nitrogens is 1. The molecule has 0 aromatic heterocycles. The first kappa shape index (κ1) is 72.8. The summed E-state index contributed by atoms with van der Waals surface area (Å²) in [5.41, 5.74) is -19.7. The maximum Gasteiger partial charge on any atom is 0.864 e. The molecule has 0 spiro atoms. The van der Waals surface area contributed by atoms with Gasteiger partial charge in [0.15, 0.2) is 12.5 Å². The van der Waals surface area contributed by atoms with E-state index in [-0.39, 0.29) is 75.1 Å². The van der Waals surface area contributed by atoms with Crippen molar-refractivity contribution in [1.29, 1.82) is 0 Å². The van der Waals surface area contributed by atoms with Crippen molar-refractivity contribution < 1.29 is 138 Å². The van der Waals surface area contributed by atoms with Crippen LogP contribution in [0.2, 0.25) is 0 Å². The van der Waals surface area contributed by atoms with Crippen LogP contribution in [0.5, 0.6) is 17.2 Å². The smallest absolute Gasteiger partial charge is 0.490 e. The van der Waals surface area contributed by atoms with Crippen LogP contribution < -0.4 is 14.0 Å². The third-order valence-corrected chi connectivity index (χ3v) is 12.4. The van der Waals surface area contributed by atoms with Crippen LogP contribution in [0.4, 0.5) is 105 Å². The van der Waals surface area contributed by atoms with Crippen molar-refractivity contribution in [1.82, 2.24) is 0 Å². The van der Waals surface area contributed by atoms with E-state index in [1.165, 1.54) is 20.8 Å². The van der Waals surface area contributed by atoms with E-state index in [0.29, 0.717) is 37.8 Å². The van der Waals surface area contributed by atoms with Crippen LogP contribution in [0.1, 0.15) is 137 Å². The lowest BCUT2D eigenvalue weighted by Crippen LogP contribution is -2.72. The van der Waals surface area contributed by atoms with Crippen LogP contribution in [-0.4, -0.2) is 50.6 Å². The van der Waals surface area contributed by atoms with Crippen LogP contribution >= 0.6 is 0 Å². The standard InChI is InChI=1S/C44H51BF18NO6.C8H3F6/c1-8-12-13-14-64(26(5)65-15-9-2,27(6)66-16-10-3)38(7,67-17-11-4)37-35(44(61,62)63)24-32(43(58,59)60)25-36(37)70-45(68-33-20-28(39(46,47)48)18-29(21-33)40(49,50)51)69-34-22-30(41(52,53)54)19-31(23-34)42(55,56)57;9-7(10,11)5-2-1-3-6(4-5)8(12,13)14/h18-27H,8-17H2,1-7H3;2-4H/q+1;-1. The average Bonchev–Trinajstić information content (AvgIpc) is 1.42. The molecule has 84 heavy (non-hydrogen) atoms. The summed E-state index contributed by atoms with van der Waals surface area (Å²) in [6.07, 6.45) is -44.7. The molecule has 474 valence electrons. The van der Waals surface area contributed by atoms with Crippen molar-refractivity contribution in [3.63, 3.8) is 0 Å². The van der Waals surface area contributed by atoms with Gasteiger partial charge in [0.2, 0.25) is 5.72 Å². The molecule has 0 aliphatic heterocycles. The monoisotopic (exact) mass is 1260 g/mol. The van der Waals surface area contributed by atoms with Crippen LogP contribution in [0.25, 0.3) is 0 Å². The minimum absolute atomic E-state index is 0.000138. The number of hydrogen-bond donors (Lipinski definition) is 0. The SMILES string of the molecule is CCCCC[N+](C(C)OCCC)(C(C)OCCC)C(C)(OCCC)c1c(OB(Oc2cc(C(F)(F)F)cc(C(F)(F)F)c2)Oc2cc(C(F)(F)F)cc(C(F)(F)F)c2)cc(C(F)(F)F)cc1C(F)(F)F.FC(F)(F)c1c[c-]cc(C(F)(F)F)c1. The van der Waals surface area contributed by atoms with Crippen LogP contribution in [0.3, 0.4) is 0 Å². The zero-order valence-electron chi connectivity index (χ0n) is 45.1. The maximum absolute atomic E-state index is 15.8. The average molecular weight is 1260 g/mol. The molecule has 4 aromatic carbocycles. The van der Waals surface area contributed by atoms with Gasteiger partial charge in [-0.25, -0.2) is 4.48 Å². The normalized spacial score (nSPS) is 15.3. The highest BCUT2D eigenvalue weighted by Crippen LogP contribution is 2.53. The lowest BCUT2D eigenvalue weighted by atomic mass is 9.89. The summed E-state index contributed by atoms with van der Waals surface area (Å²) in [4.78, 5) is 0. The lowest BCUT2D eigenvalue weighted by Gasteiger charge is -2.56. The molecule has 3 atom stereocenters. The van der Waals surface area contributed by atoms with Gasteiger partial charge in [-0.1, -0.05) is 45.2 Å². The minimum atomic E-state index is -5.85. The molecule has 0 saturated heterocycles. The Hall–Kier alpha value is -5.50. The van der Waals surface area contributed by atoms with E-state index < -0.39 is 165 Å². The summed E-state index contributed by atoms with van der Waals surface area (Å²) in [5, 5.41) is 0. The first-order chi connectivity index (χ1) is 38.2. The Morgan fingerprint density at radius 3 is 1.08 bits per heavy atom. The van der Waals surface area contributed by atoms with E-state index >= 15 is 13.2 Å². The molecule has 0 bridgehead atoms. The fourth-order valence-corrected chi connectivity index (χ4v) is 8.49. The van der Waals surface area contributed by atoms with Gasteiger partial charge in [-0.15, -0.1) is 6.07 Å². The molecule has 0 N–H and O–H groups in total. The van der Waals surface area contributed by atoms with Gasteiger partial charge in [-0.3, -0.25) is 0 Å². The number of alkyl halides is 24.